The summed E-state index contributed by atoms with van der Waals surface area (Å²) in [4.78, 5) is 1.44. The maximum absolute atomic E-state index is 3.48. The van der Waals surface area contributed by atoms with Crippen LogP contribution in [-0.2, 0) is 6.54 Å². The van der Waals surface area contributed by atoms with Crippen LogP contribution in [0.4, 0.5) is 0 Å². The maximum Gasteiger partial charge on any atom is 0.0299 e. The Morgan fingerprint density at radius 3 is 2.67 bits per heavy atom. The van der Waals surface area contributed by atoms with E-state index in [1.165, 1.54) is 43.5 Å². The van der Waals surface area contributed by atoms with Gasteiger partial charge in [-0.2, -0.15) is 0 Å². The first-order valence-corrected chi connectivity index (χ1v) is 6.54. The normalized spacial score (nSPS) is 9.93. The average molecular weight is 248 g/mol. The molecule has 1 nitrogen and oxygen atoms in total. The number of nitrogens with one attached hydrogen (secondary N) is 1. The molecule has 1 aromatic rings. The molecule has 0 aromatic carbocycles. The highest BCUT2D eigenvalue weighted by Gasteiger charge is 1.92. The van der Waals surface area contributed by atoms with Crippen molar-refractivity contribution >= 4 is 23.7 Å². The molecular weight excluding hydrogens is 226 g/mol. The van der Waals surface area contributed by atoms with Crippen LogP contribution in [0.2, 0.25) is 0 Å². The summed E-state index contributed by atoms with van der Waals surface area (Å²) in [5.74, 6) is 0. The van der Waals surface area contributed by atoms with Crippen LogP contribution < -0.4 is 5.32 Å². The molecule has 0 fully saturated rings. The van der Waals surface area contributed by atoms with Crippen molar-refractivity contribution in [2.24, 2.45) is 0 Å². The van der Waals surface area contributed by atoms with E-state index in [9.17, 15) is 0 Å². The molecular formula is C12H22ClNS. The first-order chi connectivity index (χ1) is 6.93. The van der Waals surface area contributed by atoms with E-state index in [2.05, 4.69) is 29.8 Å². The lowest BCUT2D eigenvalue weighted by atomic mass is 10.1. The molecule has 0 aliphatic rings. The molecule has 0 amide bonds. The van der Waals surface area contributed by atoms with Gasteiger partial charge in [-0.25, -0.2) is 0 Å². The van der Waals surface area contributed by atoms with E-state index < -0.39 is 0 Å². The number of unbranched alkanes of at least 4 members (excludes halogenated alkanes) is 4. The molecule has 0 bridgehead atoms. The molecule has 0 aliphatic heterocycles. The highest BCUT2D eigenvalue weighted by molar-refractivity contribution is 7.09. The molecule has 0 spiro atoms. The van der Waals surface area contributed by atoms with Gasteiger partial charge in [-0.05, 0) is 24.4 Å². The summed E-state index contributed by atoms with van der Waals surface area (Å²) < 4.78 is 0. The standard InChI is InChI=1S/C12H21NS.ClH/c1-2-3-4-5-6-9-13-11-12-8-7-10-14-12;/h7-8,10,13H,2-6,9,11H2,1H3;1H. The Balaban J connectivity index is 0.00000196. The number of hydrogen-bond donors (Lipinski definition) is 1. The molecule has 1 heterocycles. The Kier molecular flexibility index (Phi) is 10.4. The van der Waals surface area contributed by atoms with Gasteiger partial charge in [0, 0.05) is 11.4 Å². The summed E-state index contributed by atoms with van der Waals surface area (Å²) in [5, 5.41) is 5.61. The van der Waals surface area contributed by atoms with Crippen LogP contribution >= 0.6 is 23.7 Å². The van der Waals surface area contributed by atoms with E-state index in [1.807, 2.05) is 11.3 Å². The summed E-state index contributed by atoms with van der Waals surface area (Å²) >= 11 is 1.83. The van der Waals surface area contributed by atoms with Gasteiger partial charge in [0.15, 0.2) is 0 Å². The predicted molar refractivity (Wildman–Crippen MR) is 72.0 cm³/mol. The lowest BCUT2D eigenvalue weighted by Crippen LogP contribution is -2.13. The minimum Gasteiger partial charge on any atom is -0.312 e. The van der Waals surface area contributed by atoms with Gasteiger partial charge in [0.1, 0.15) is 0 Å². The van der Waals surface area contributed by atoms with Crippen molar-refractivity contribution in [2.45, 2.75) is 45.6 Å². The van der Waals surface area contributed by atoms with Crippen LogP contribution in [0.25, 0.3) is 0 Å². The van der Waals surface area contributed by atoms with E-state index in [0.29, 0.717) is 0 Å². The third-order valence-electron chi connectivity index (χ3n) is 2.34. The van der Waals surface area contributed by atoms with Crippen molar-refractivity contribution in [3.63, 3.8) is 0 Å². The second kappa shape index (κ2) is 10.5. The van der Waals surface area contributed by atoms with Gasteiger partial charge in [0.2, 0.25) is 0 Å². The summed E-state index contributed by atoms with van der Waals surface area (Å²) in [7, 11) is 0. The molecule has 1 N–H and O–H groups in total. The van der Waals surface area contributed by atoms with Gasteiger partial charge in [-0.15, -0.1) is 23.7 Å². The molecule has 0 radical (unpaired) electrons. The van der Waals surface area contributed by atoms with Crippen LogP contribution in [0, 0.1) is 0 Å². The van der Waals surface area contributed by atoms with E-state index in [4.69, 9.17) is 0 Å². The zero-order chi connectivity index (χ0) is 10.1. The van der Waals surface area contributed by atoms with Crippen molar-refractivity contribution in [1.82, 2.24) is 5.32 Å². The van der Waals surface area contributed by atoms with E-state index in [-0.39, 0.29) is 12.4 Å². The Morgan fingerprint density at radius 1 is 1.20 bits per heavy atom. The predicted octanol–water partition coefficient (Wildman–Crippen LogP) is 4.23. The van der Waals surface area contributed by atoms with E-state index in [0.717, 1.165) is 6.54 Å². The van der Waals surface area contributed by atoms with E-state index in [1.54, 1.807) is 0 Å². The van der Waals surface area contributed by atoms with Gasteiger partial charge >= 0.3 is 0 Å². The third kappa shape index (κ3) is 7.83. The number of hydrogen-bond acceptors (Lipinski definition) is 2. The monoisotopic (exact) mass is 247 g/mol. The van der Waals surface area contributed by atoms with Gasteiger partial charge in [-0.1, -0.05) is 38.7 Å². The molecule has 88 valence electrons. The molecule has 0 unspecified atom stereocenters. The first-order valence-electron chi connectivity index (χ1n) is 5.66. The average Bonchev–Trinajstić information content (AvgIpc) is 2.69. The molecule has 3 heteroatoms. The molecule has 1 aromatic heterocycles. The Labute approximate surface area is 104 Å². The SMILES string of the molecule is CCCCCCCNCc1cccs1.Cl. The van der Waals surface area contributed by atoms with Crippen molar-refractivity contribution in [3.8, 4) is 0 Å². The fourth-order valence-corrected chi connectivity index (χ4v) is 2.15. The molecule has 0 saturated carbocycles. The van der Waals surface area contributed by atoms with Crippen molar-refractivity contribution in [3.05, 3.63) is 22.4 Å². The number of halogens is 1. The van der Waals surface area contributed by atoms with E-state index >= 15 is 0 Å². The molecule has 0 saturated heterocycles. The fourth-order valence-electron chi connectivity index (χ4n) is 1.48. The van der Waals surface area contributed by atoms with Crippen LogP contribution in [0.5, 0.6) is 0 Å². The second-order valence-corrected chi connectivity index (χ2v) is 4.70. The largest absolute Gasteiger partial charge is 0.312 e. The molecule has 0 aliphatic carbocycles. The highest BCUT2D eigenvalue weighted by Crippen LogP contribution is 2.07. The zero-order valence-corrected chi connectivity index (χ0v) is 11.1. The Hall–Kier alpha value is -0.0500. The summed E-state index contributed by atoms with van der Waals surface area (Å²) in [5.41, 5.74) is 0. The van der Waals surface area contributed by atoms with Crippen LogP contribution in [0.3, 0.4) is 0 Å². The highest BCUT2D eigenvalue weighted by atomic mass is 35.5. The lowest BCUT2D eigenvalue weighted by Gasteiger charge is -2.02. The smallest absolute Gasteiger partial charge is 0.0299 e. The van der Waals surface area contributed by atoms with Crippen molar-refractivity contribution in [2.75, 3.05) is 6.54 Å². The van der Waals surface area contributed by atoms with Gasteiger partial charge in [-0.3, -0.25) is 0 Å². The topological polar surface area (TPSA) is 12.0 Å². The summed E-state index contributed by atoms with van der Waals surface area (Å²) in [6, 6.07) is 4.30. The van der Waals surface area contributed by atoms with Crippen LogP contribution in [-0.4, -0.2) is 6.54 Å². The van der Waals surface area contributed by atoms with Gasteiger partial charge in [0.05, 0.1) is 0 Å². The Bertz CT molecular complexity index is 211. The zero-order valence-electron chi connectivity index (χ0n) is 9.50. The second-order valence-electron chi connectivity index (χ2n) is 3.67. The summed E-state index contributed by atoms with van der Waals surface area (Å²) in [6.07, 6.45) is 6.83. The number of rotatable bonds is 8. The fraction of sp³-hybridized carbons (Fsp3) is 0.667. The Morgan fingerprint density at radius 2 is 2.00 bits per heavy atom. The molecule has 0 atom stereocenters. The van der Waals surface area contributed by atoms with Crippen LogP contribution in [0.15, 0.2) is 17.5 Å². The van der Waals surface area contributed by atoms with Crippen molar-refractivity contribution in [1.29, 1.82) is 0 Å². The first kappa shape index (κ1) is 14.9. The van der Waals surface area contributed by atoms with Gasteiger partial charge in [0.25, 0.3) is 0 Å². The quantitative estimate of drug-likeness (QED) is 0.678. The lowest BCUT2D eigenvalue weighted by molar-refractivity contribution is 0.585. The molecule has 1 rings (SSSR count). The van der Waals surface area contributed by atoms with Gasteiger partial charge < -0.3 is 5.32 Å². The molecule has 15 heavy (non-hydrogen) atoms. The van der Waals surface area contributed by atoms with Crippen LogP contribution in [0.1, 0.15) is 43.9 Å². The minimum atomic E-state index is 0. The minimum absolute atomic E-state index is 0. The summed E-state index contributed by atoms with van der Waals surface area (Å²) in [6.45, 7) is 4.47. The third-order valence-corrected chi connectivity index (χ3v) is 3.21. The maximum atomic E-state index is 3.48. The van der Waals surface area contributed by atoms with Crippen molar-refractivity contribution < 1.29 is 0 Å². The number of thiophene rings is 1.